The Morgan fingerprint density at radius 2 is 1.94 bits per heavy atom. The van der Waals surface area contributed by atoms with Crippen molar-refractivity contribution in [2.75, 3.05) is 54.5 Å². The monoisotopic (exact) mass is 484 g/mol. The van der Waals surface area contributed by atoms with E-state index in [1.54, 1.807) is 36.2 Å². The zero-order chi connectivity index (χ0) is 25.7. The van der Waals surface area contributed by atoms with Gasteiger partial charge in [0.15, 0.2) is 0 Å². The molecular formula is C26H36N4O5. The predicted molar refractivity (Wildman–Crippen MR) is 134 cm³/mol. The van der Waals surface area contributed by atoms with Crippen molar-refractivity contribution < 1.29 is 24.2 Å². The van der Waals surface area contributed by atoms with Gasteiger partial charge in [0, 0.05) is 31.3 Å². The van der Waals surface area contributed by atoms with E-state index in [1.807, 2.05) is 57.1 Å². The number of nitrogens with zero attached hydrogens (tertiary/aromatic N) is 4. The van der Waals surface area contributed by atoms with Crippen LogP contribution in [0.1, 0.15) is 24.2 Å². The number of carbonyl (C=O) groups excluding carboxylic acids is 2. The van der Waals surface area contributed by atoms with Gasteiger partial charge in [0.05, 0.1) is 32.8 Å². The molecule has 0 bridgehead atoms. The van der Waals surface area contributed by atoms with Gasteiger partial charge < -0.3 is 29.3 Å². The van der Waals surface area contributed by atoms with Crippen LogP contribution in [-0.4, -0.2) is 103 Å². The van der Waals surface area contributed by atoms with E-state index in [2.05, 4.69) is 4.98 Å². The molecular weight excluding hydrogens is 448 g/mol. The van der Waals surface area contributed by atoms with Crippen LogP contribution in [0.15, 0.2) is 36.5 Å². The van der Waals surface area contributed by atoms with Gasteiger partial charge in [-0.2, -0.15) is 0 Å². The number of aliphatic hydroxyl groups excluding tert-OH is 1. The smallest absolute Gasteiger partial charge is 0.259 e. The molecule has 1 aromatic heterocycles. The first-order valence-corrected chi connectivity index (χ1v) is 11.8. The zero-order valence-corrected chi connectivity index (χ0v) is 21.4. The van der Waals surface area contributed by atoms with Crippen molar-refractivity contribution in [2.45, 2.75) is 26.0 Å². The van der Waals surface area contributed by atoms with Crippen molar-refractivity contribution in [3.05, 3.63) is 42.1 Å². The minimum atomic E-state index is -0.384. The molecule has 2 amide bonds. The summed E-state index contributed by atoms with van der Waals surface area (Å²) in [5, 5.41) is 9.84. The van der Waals surface area contributed by atoms with Crippen LogP contribution in [0.2, 0.25) is 0 Å². The Morgan fingerprint density at radius 1 is 1.26 bits per heavy atom. The van der Waals surface area contributed by atoms with Crippen molar-refractivity contribution in [1.29, 1.82) is 0 Å². The van der Waals surface area contributed by atoms with E-state index in [9.17, 15) is 14.7 Å². The maximum Gasteiger partial charge on any atom is 0.259 e. The average molecular weight is 485 g/mol. The van der Waals surface area contributed by atoms with Crippen molar-refractivity contribution in [2.24, 2.45) is 5.92 Å². The lowest BCUT2D eigenvalue weighted by atomic mass is 9.99. The number of pyridine rings is 1. The molecule has 0 spiro atoms. The van der Waals surface area contributed by atoms with Crippen LogP contribution >= 0.6 is 0 Å². The lowest BCUT2D eigenvalue weighted by molar-refractivity contribution is -0.132. The number of likely N-dealkylation sites (N-methyl/N-ethyl adjacent to an activating group) is 2. The Kier molecular flexibility index (Phi) is 8.69. The number of carbonyl (C=O) groups is 2. The highest BCUT2D eigenvalue weighted by atomic mass is 16.5. The molecule has 0 saturated carbocycles. The van der Waals surface area contributed by atoms with Gasteiger partial charge in [-0.25, -0.2) is 4.98 Å². The Labute approximate surface area is 207 Å². The largest absolute Gasteiger partial charge is 0.497 e. The van der Waals surface area contributed by atoms with E-state index in [1.165, 1.54) is 0 Å². The van der Waals surface area contributed by atoms with Crippen LogP contribution in [0.5, 0.6) is 11.6 Å². The first-order chi connectivity index (χ1) is 16.6. The van der Waals surface area contributed by atoms with Gasteiger partial charge in [0.25, 0.3) is 5.91 Å². The zero-order valence-electron chi connectivity index (χ0n) is 21.4. The van der Waals surface area contributed by atoms with E-state index in [0.29, 0.717) is 25.2 Å². The third kappa shape index (κ3) is 6.29. The van der Waals surface area contributed by atoms with E-state index in [-0.39, 0.29) is 42.4 Å². The normalized spacial score (nSPS) is 18.9. The number of aliphatic hydroxyl groups is 1. The summed E-state index contributed by atoms with van der Waals surface area (Å²) in [5.41, 5.74) is 1.98. The topological polar surface area (TPSA) is 95.4 Å². The lowest BCUT2D eigenvalue weighted by Gasteiger charge is -2.37. The van der Waals surface area contributed by atoms with Crippen LogP contribution < -0.4 is 9.47 Å². The molecule has 0 aliphatic carbocycles. The number of rotatable bonds is 8. The van der Waals surface area contributed by atoms with Crippen LogP contribution in [0, 0.1) is 5.92 Å². The summed E-state index contributed by atoms with van der Waals surface area (Å²) in [5.74, 6) is 0.602. The minimum absolute atomic E-state index is 0.0208. The second-order valence-electron chi connectivity index (χ2n) is 9.44. The van der Waals surface area contributed by atoms with Gasteiger partial charge in [-0.05, 0) is 44.8 Å². The molecule has 1 aliphatic rings. The molecule has 0 radical (unpaired) electrons. The van der Waals surface area contributed by atoms with Gasteiger partial charge in [0.1, 0.15) is 17.4 Å². The first-order valence-electron chi connectivity index (χ1n) is 11.8. The van der Waals surface area contributed by atoms with Gasteiger partial charge in [-0.3, -0.25) is 9.59 Å². The molecule has 3 atom stereocenters. The van der Waals surface area contributed by atoms with Crippen molar-refractivity contribution >= 4 is 11.8 Å². The molecule has 2 heterocycles. The van der Waals surface area contributed by atoms with Gasteiger partial charge in [-0.15, -0.1) is 0 Å². The van der Waals surface area contributed by atoms with Crippen LogP contribution in [0.4, 0.5) is 0 Å². The predicted octanol–water partition coefficient (Wildman–Crippen LogP) is 2.00. The first kappa shape index (κ1) is 26.4. The van der Waals surface area contributed by atoms with Crippen molar-refractivity contribution in [1.82, 2.24) is 19.7 Å². The van der Waals surface area contributed by atoms with Crippen LogP contribution in [-0.2, 0) is 4.79 Å². The molecule has 1 N–H and O–H groups in total. The van der Waals surface area contributed by atoms with Crippen LogP contribution in [0.25, 0.3) is 11.1 Å². The fraction of sp³-hybridized carbons (Fsp3) is 0.500. The number of aromatic nitrogens is 1. The highest BCUT2D eigenvalue weighted by molar-refractivity contribution is 5.98. The number of fused-ring (bicyclic) bond motifs is 1. The third-order valence-corrected chi connectivity index (χ3v) is 6.28. The standard InChI is InChI=1S/C26H36N4O5/c1-17-13-30(18(2)16-31)26(33)22-11-20(19-7-9-21(34-6)10-8-19)12-27-25(22)35-23(17)14-29(5)24(32)15-28(3)4/h7-12,17-18,23,31H,13-16H2,1-6H3/t17-,18+,23-/m1/s1. The molecule has 9 heteroatoms. The fourth-order valence-corrected chi connectivity index (χ4v) is 4.02. The Balaban J connectivity index is 1.98. The average Bonchev–Trinajstić information content (AvgIpc) is 2.85. The summed E-state index contributed by atoms with van der Waals surface area (Å²) in [6.07, 6.45) is 1.29. The van der Waals surface area contributed by atoms with Crippen molar-refractivity contribution in [3.8, 4) is 22.8 Å². The van der Waals surface area contributed by atoms with E-state index in [0.717, 1.165) is 16.9 Å². The molecule has 9 nitrogen and oxygen atoms in total. The summed E-state index contributed by atoms with van der Waals surface area (Å²) >= 11 is 0. The molecule has 3 rings (SSSR count). The quantitative estimate of drug-likeness (QED) is 0.612. The molecule has 190 valence electrons. The van der Waals surface area contributed by atoms with Gasteiger partial charge in [0.2, 0.25) is 11.8 Å². The fourth-order valence-electron chi connectivity index (χ4n) is 4.02. The molecule has 1 aromatic carbocycles. The van der Waals surface area contributed by atoms with Gasteiger partial charge in [-0.1, -0.05) is 19.1 Å². The summed E-state index contributed by atoms with van der Waals surface area (Å²) in [6, 6.07) is 8.90. The third-order valence-electron chi connectivity index (χ3n) is 6.28. The summed E-state index contributed by atoms with van der Waals surface area (Å²) in [7, 11) is 7.06. The molecule has 2 aromatic rings. The SMILES string of the molecule is COc1ccc(-c2cnc3c(c2)C(=O)N([C@@H](C)CO)C[C@@H](C)[C@@H](CN(C)C(=O)CN(C)C)O3)cc1. The molecule has 0 saturated heterocycles. The number of hydrogen-bond donors (Lipinski definition) is 1. The maximum atomic E-state index is 13.6. The number of methoxy groups -OCH3 is 1. The number of ether oxygens (including phenoxy) is 2. The van der Waals surface area contributed by atoms with E-state index in [4.69, 9.17) is 9.47 Å². The Morgan fingerprint density at radius 3 is 2.54 bits per heavy atom. The molecule has 0 unspecified atom stereocenters. The second-order valence-corrected chi connectivity index (χ2v) is 9.44. The molecule has 1 aliphatic heterocycles. The number of amides is 2. The van der Waals surface area contributed by atoms with Crippen molar-refractivity contribution in [3.63, 3.8) is 0 Å². The highest BCUT2D eigenvalue weighted by Gasteiger charge is 2.34. The number of hydrogen-bond acceptors (Lipinski definition) is 7. The lowest BCUT2D eigenvalue weighted by Crippen LogP contribution is -2.51. The highest BCUT2D eigenvalue weighted by Crippen LogP contribution is 2.31. The Hall–Kier alpha value is -3.17. The molecule has 0 fully saturated rings. The van der Waals surface area contributed by atoms with Gasteiger partial charge >= 0.3 is 0 Å². The minimum Gasteiger partial charge on any atom is -0.497 e. The second kappa shape index (κ2) is 11.5. The summed E-state index contributed by atoms with van der Waals surface area (Å²) in [4.78, 5) is 35.8. The van der Waals surface area contributed by atoms with E-state index < -0.39 is 0 Å². The summed E-state index contributed by atoms with van der Waals surface area (Å²) in [6.45, 7) is 4.67. The van der Waals surface area contributed by atoms with Crippen LogP contribution in [0.3, 0.4) is 0 Å². The number of benzene rings is 1. The van der Waals surface area contributed by atoms with E-state index >= 15 is 0 Å². The maximum absolute atomic E-state index is 13.6. The summed E-state index contributed by atoms with van der Waals surface area (Å²) < 4.78 is 11.5. The Bertz CT molecular complexity index is 1030. The molecule has 35 heavy (non-hydrogen) atoms.